The fourth-order valence-electron chi connectivity index (χ4n) is 2.33. The molecule has 4 atom stereocenters. The lowest BCUT2D eigenvalue weighted by Gasteiger charge is -2.14. The molecule has 158 valence electrons. The molecule has 13 heteroatoms. The van der Waals surface area contributed by atoms with E-state index in [2.05, 4.69) is 10.1 Å². The first kappa shape index (κ1) is 22.1. The maximum Gasteiger partial charge on any atom is 0.332 e. The minimum absolute atomic E-state index is 0.205. The van der Waals surface area contributed by atoms with Crippen LogP contribution in [0.2, 0.25) is 0 Å². The van der Waals surface area contributed by atoms with Gasteiger partial charge in [-0.2, -0.15) is 0 Å². The summed E-state index contributed by atoms with van der Waals surface area (Å²) < 4.78 is 26.6. The molecular formula is C15H24N4O9. The lowest BCUT2D eigenvalue weighted by atomic mass is 10.1. The van der Waals surface area contributed by atoms with Crippen molar-refractivity contribution >= 4 is 11.9 Å². The summed E-state index contributed by atoms with van der Waals surface area (Å²) in [5.41, 5.74) is 5.06. The highest BCUT2D eigenvalue weighted by molar-refractivity contribution is 5.88. The zero-order chi connectivity index (χ0) is 20.5. The van der Waals surface area contributed by atoms with E-state index < -0.39 is 36.4 Å². The number of carbonyl (C=O) groups is 2. The summed E-state index contributed by atoms with van der Waals surface area (Å²) in [5, 5.41) is 23.9. The van der Waals surface area contributed by atoms with Crippen LogP contribution in [0.15, 0.2) is 6.33 Å². The van der Waals surface area contributed by atoms with Gasteiger partial charge in [-0.3, -0.25) is 4.79 Å². The number of nitrogens with two attached hydrogens (primary N) is 1. The Morgan fingerprint density at radius 3 is 2.61 bits per heavy atom. The lowest BCUT2D eigenvalue weighted by molar-refractivity contribution is -0.155. The molecule has 2 heterocycles. The van der Waals surface area contributed by atoms with Gasteiger partial charge < -0.3 is 39.6 Å². The number of nitrogens with zero attached hydrogens (tertiary/aromatic N) is 3. The second kappa shape index (κ2) is 11.0. The largest absolute Gasteiger partial charge is 0.461 e. The number of hydrogen-bond acceptors (Lipinski definition) is 11. The summed E-state index contributed by atoms with van der Waals surface area (Å²) >= 11 is 0. The van der Waals surface area contributed by atoms with Gasteiger partial charge in [0.2, 0.25) is 5.82 Å². The maximum atomic E-state index is 11.7. The first-order valence-corrected chi connectivity index (χ1v) is 8.46. The molecule has 1 saturated heterocycles. The predicted octanol–water partition coefficient (Wildman–Crippen LogP) is -2.78. The molecule has 2 unspecified atom stereocenters. The average Bonchev–Trinajstić information content (AvgIpc) is 3.26. The molecule has 0 spiro atoms. The molecule has 0 bridgehead atoms. The van der Waals surface area contributed by atoms with Crippen molar-refractivity contribution in [2.75, 3.05) is 46.8 Å². The van der Waals surface area contributed by atoms with Crippen molar-refractivity contribution < 1.29 is 43.5 Å². The Bertz CT molecular complexity index is 641. The number of methoxy groups -OCH3 is 1. The van der Waals surface area contributed by atoms with E-state index in [4.69, 9.17) is 29.4 Å². The fraction of sp³-hybridized carbons (Fsp3) is 0.733. The van der Waals surface area contributed by atoms with Gasteiger partial charge in [0.1, 0.15) is 37.9 Å². The van der Waals surface area contributed by atoms with Crippen LogP contribution in [0.25, 0.3) is 0 Å². The Morgan fingerprint density at radius 2 is 1.93 bits per heavy atom. The second-order valence-electron chi connectivity index (χ2n) is 5.80. The molecule has 0 saturated carbocycles. The van der Waals surface area contributed by atoms with Gasteiger partial charge in [0.25, 0.3) is 5.91 Å². The van der Waals surface area contributed by atoms with Gasteiger partial charge in [0.15, 0.2) is 6.23 Å². The van der Waals surface area contributed by atoms with Crippen LogP contribution < -0.4 is 5.73 Å². The van der Waals surface area contributed by atoms with Crippen molar-refractivity contribution in [2.45, 2.75) is 24.5 Å². The van der Waals surface area contributed by atoms with E-state index in [0.29, 0.717) is 19.8 Å². The molecule has 0 radical (unpaired) electrons. The molecule has 4 N–H and O–H groups in total. The number of aliphatic hydroxyl groups is 2. The number of esters is 1. The zero-order valence-corrected chi connectivity index (χ0v) is 15.3. The fourth-order valence-corrected chi connectivity index (χ4v) is 2.33. The first-order chi connectivity index (χ1) is 13.4. The van der Waals surface area contributed by atoms with Gasteiger partial charge in [-0.05, 0) is 0 Å². The van der Waals surface area contributed by atoms with Crippen molar-refractivity contribution in [2.24, 2.45) is 5.73 Å². The summed E-state index contributed by atoms with van der Waals surface area (Å²) in [5.74, 6) is -1.77. The maximum absolute atomic E-state index is 11.7. The number of amides is 1. The average molecular weight is 404 g/mol. The summed E-state index contributed by atoms with van der Waals surface area (Å²) in [7, 11) is 1.56. The number of ether oxygens (including phenoxy) is 5. The van der Waals surface area contributed by atoms with E-state index in [0.717, 1.165) is 11.0 Å². The number of hydrogen-bond donors (Lipinski definition) is 3. The number of carbonyl (C=O) groups excluding carboxylic acids is 2. The molecule has 13 nitrogen and oxygen atoms in total. The van der Waals surface area contributed by atoms with E-state index in [1.54, 1.807) is 7.11 Å². The van der Waals surface area contributed by atoms with Gasteiger partial charge in [0.05, 0.1) is 26.4 Å². The van der Waals surface area contributed by atoms with E-state index in [-0.39, 0.29) is 25.6 Å². The summed E-state index contributed by atoms with van der Waals surface area (Å²) in [6.07, 6.45) is -3.68. The molecule has 1 fully saturated rings. The Hall–Kier alpha value is -2.16. The molecule has 1 aromatic rings. The molecule has 2 rings (SSSR count). The van der Waals surface area contributed by atoms with Crippen LogP contribution in [0.1, 0.15) is 16.8 Å². The van der Waals surface area contributed by atoms with Crippen LogP contribution >= 0.6 is 0 Å². The van der Waals surface area contributed by atoms with Crippen molar-refractivity contribution in [3.05, 3.63) is 12.2 Å². The van der Waals surface area contributed by atoms with E-state index in [1.165, 1.54) is 0 Å². The minimum Gasteiger partial charge on any atom is -0.461 e. The van der Waals surface area contributed by atoms with Crippen LogP contribution in [0.4, 0.5) is 0 Å². The molecule has 0 aromatic carbocycles. The first-order valence-electron chi connectivity index (χ1n) is 8.46. The van der Waals surface area contributed by atoms with Gasteiger partial charge >= 0.3 is 5.97 Å². The number of rotatable bonds is 12. The van der Waals surface area contributed by atoms with Crippen molar-refractivity contribution in [1.82, 2.24) is 14.8 Å². The molecule has 0 aliphatic carbocycles. The third-order valence-electron chi connectivity index (χ3n) is 3.76. The molecule has 1 aliphatic heterocycles. The highest BCUT2D eigenvalue weighted by atomic mass is 16.6. The topological polar surface area (TPSA) is 177 Å². The second-order valence-corrected chi connectivity index (χ2v) is 5.80. The van der Waals surface area contributed by atoms with Crippen molar-refractivity contribution in [3.8, 4) is 0 Å². The highest BCUT2D eigenvalue weighted by Gasteiger charge is 2.45. The third kappa shape index (κ3) is 6.19. The van der Waals surface area contributed by atoms with E-state index in [9.17, 15) is 19.8 Å². The summed E-state index contributed by atoms with van der Waals surface area (Å²) in [4.78, 5) is 26.4. The van der Waals surface area contributed by atoms with Gasteiger partial charge in [-0.25, -0.2) is 14.5 Å². The Morgan fingerprint density at radius 1 is 1.21 bits per heavy atom. The minimum atomic E-state index is -1.37. The Labute approximate surface area is 160 Å². The monoisotopic (exact) mass is 404 g/mol. The van der Waals surface area contributed by atoms with Gasteiger partial charge in [0, 0.05) is 7.11 Å². The summed E-state index contributed by atoms with van der Waals surface area (Å²) in [6.45, 7) is 0.803. The van der Waals surface area contributed by atoms with Crippen LogP contribution in [0.5, 0.6) is 0 Å². The van der Waals surface area contributed by atoms with Crippen LogP contribution in [-0.2, 0) is 28.5 Å². The predicted molar refractivity (Wildman–Crippen MR) is 88.9 cm³/mol. The van der Waals surface area contributed by atoms with E-state index in [1.807, 2.05) is 0 Å². The number of aliphatic hydroxyl groups excluding tert-OH is 2. The smallest absolute Gasteiger partial charge is 0.332 e. The van der Waals surface area contributed by atoms with Crippen LogP contribution in [0.3, 0.4) is 0 Å². The van der Waals surface area contributed by atoms with Crippen LogP contribution in [0, 0.1) is 0 Å². The standard InChI is InChI=1S/C15H24N4O9/c1-24-2-3-25-4-5-26-7-10(20)27-6-9-11(21)12(22)15(28-9)19-8-17-14(18-19)13(16)23/h8-9,11-12,15,21-22H,2-7H2,1H3,(H2,16,23)/t9?,11-,12-,15?/m1/s1. The Balaban J connectivity index is 1.70. The normalized spacial score (nSPS) is 24.4. The Kier molecular flexibility index (Phi) is 8.69. The summed E-state index contributed by atoms with van der Waals surface area (Å²) in [6, 6.07) is 0. The molecular weight excluding hydrogens is 380 g/mol. The lowest BCUT2D eigenvalue weighted by Crippen LogP contribution is -2.34. The van der Waals surface area contributed by atoms with Gasteiger partial charge in [-0.15, -0.1) is 5.10 Å². The third-order valence-corrected chi connectivity index (χ3v) is 3.76. The quantitative estimate of drug-likeness (QED) is 0.242. The zero-order valence-electron chi connectivity index (χ0n) is 15.3. The van der Waals surface area contributed by atoms with Crippen molar-refractivity contribution in [1.29, 1.82) is 0 Å². The van der Waals surface area contributed by atoms with Gasteiger partial charge in [-0.1, -0.05) is 0 Å². The van der Waals surface area contributed by atoms with E-state index >= 15 is 0 Å². The molecule has 1 aromatic heterocycles. The van der Waals surface area contributed by atoms with Crippen LogP contribution in [-0.4, -0.2) is 102 Å². The van der Waals surface area contributed by atoms with Crippen molar-refractivity contribution in [3.63, 3.8) is 0 Å². The number of primary amides is 1. The highest BCUT2D eigenvalue weighted by Crippen LogP contribution is 2.28. The SMILES string of the molecule is COCCOCCOCC(=O)OCC1OC(n2cnc(C(N)=O)n2)[C@H](O)[C@@H]1O. The molecule has 1 aliphatic rings. The molecule has 28 heavy (non-hydrogen) atoms. The number of aromatic nitrogens is 3. The molecule has 1 amide bonds.